The molecule has 3 rings (SSSR count). The van der Waals surface area contributed by atoms with Crippen LogP contribution in [-0.2, 0) is 4.74 Å². The first-order chi connectivity index (χ1) is 5.45. The van der Waals surface area contributed by atoms with Crippen LogP contribution in [0.2, 0.25) is 0 Å². The van der Waals surface area contributed by atoms with Crippen LogP contribution in [0.25, 0.3) is 0 Å². The molecule has 0 amide bonds. The largest absolute Gasteiger partial charge is 0.366 e. The zero-order chi connectivity index (χ0) is 7.26. The second-order valence-electron chi connectivity index (χ2n) is 3.77. The first-order valence-corrected chi connectivity index (χ1v) is 4.50. The summed E-state index contributed by atoms with van der Waals surface area (Å²) in [4.78, 5) is 0. The standard InChI is InChI=1S/C9H13NO/c1-2-9-7-5-10-4-3-6(7)8(1)11-9/h1-2,6-10H,3-5H2. The number of fused-ring (bicyclic) bond motifs is 5. The van der Waals surface area contributed by atoms with Crippen molar-refractivity contribution in [1.82, 2.24) is 5.32 Å². The molecule has 0 aliphatic carbocycles. The Morgan fingerprint density at radius 1 is 1.18 bits per heavy atom. The van der Waals surface area contributed by atoms with E-state index in [1.165, 1.54) is 13.0 Å². The summed E-state index contributed by atoms with van der Waals surface area (Å²) < 4.78 is 5.77. The van der Waals surface area contributed by atoms with Gasteiger partial charge in [0, 0.05) is 12.5 Å². The molecule has 0 aromatic heterocycles. The van der Waals surface area contributed by atoms with Crippen molar-refractivity contribution >= 4 is 0 Å². The van der Waals surface area contributed by atoms with Crippen LogP contribution in [0.4, 0.5) is 0 Å². The monoisotopic (exact) mass is 151 g/mol. The highest BCUT2D eigenvalue weighted by molar-refractivity contribution is 5.15. The minimum atomic E-state index is 0.442. The van der Waals surface area contributed by atoms with Crippen molar-refractivity contribution in [1.29, 1.82) is 0 Å². The van der Waals surface area contributed by atoms with Crippen LogP contribution in [0.5, 0.6) is 0 Å². The van der Waals surface area contributed by atoms with Crippen molar-refractivity contribution in [3.05, 3.63) is 12.2 Å². The van der Waals surface area contributed by atoms with E-state index in [2.05, 4.69) is 17.5 Å². The van der Waals surface area contributed by atoms with Gasteiger partial charge in [0.25, 0.3) is 0 Å². The number of nitrogens with one attached hydrogen (secondary N) is 1. The molecule has 3 heterocycles. The van der Waals surface area contributed by atoms with Crippen molar-refractivity contribution < 1.29 is 4.74 Å². The Morgan fingerprint density at radius 3 is 2.82 bits per heavy atom. The molecule has 11 heavy (non-hydrogen) atoms. The highest BCUT2D eigenvalue weighted by Crippen LogP contribution is 2.41. The molecule has 0 saturated carbocycles. The summed E-state index contributed by atoms with van der Waals surface area (Å²) in [5, 5.41) is 3.43. The first-order valence-electron chi connectivity index (χ1n) is 4.50. The molecule has 0 aromatic carbocycles. The maximum absolute atomic E-state index is 5.77. The van der Waals surface area contributed by atoms with Gasteiger partial charge >= 0.3 is 0 Å². The Bertz CT molecular complexity index is 182. The van der Waals surface area contributed by atoms with E-state index in [0.29, 0.717) is 12.2 Å². The SMILES string of the molecule is C1=CC2OC1C1CCNCC21. The molecular formula is C9H13NO. The fraction of sp³-hybridized carbons (Fsp3) is 0.778. The lowest BCUT2D eigenvalue weighted by molar-refractivity contribution is 0.104. The maximum atomic E-state index is 5.77. The molecule has 2 heteroatoms. The predicted octanol–water partition coefficient (Wildman–Crippen LogP) is 0.549. The molecule has 60 valence electrons. The summed E-state index contributed by atoms with van der Waals surface area (Å²) in [6, 6.07) is 0. The fourth-order valence-electron chi connectivity index (χ4n) is 2.65. The molecule has 4 atom stereocenters. The van der Waals surface area contributed by atoms with E-state index in [9.17, 15) is 0 Å². The Morgan fingerprint density at radius 2 is 2.00 bits per heavy atom. The molecule has 2 saturated heterocycles. The number of hydrogen-bond acceptors (Lipinski definition) is 2. The molecule has 2 bridgehead atoms. The summed E-state index contributed by atoms with van der Waals surface area (Å²) in [5.74, 6) is 1.60. The van der Waals surface area contributed by atoms with Gasteiger partial charge in [-0.1, -0.05) is 12.2 Å². The van der Waals surface area contributed by atoms with E-state index < -0.39 is 0 Å². The van der Waals surface area contributed by atoms with E-state index in [-0.39, 0.29) is 0 Å². The quantitative estimate of drug-likeness (QED) is 0.510. The molecule has 0 radical (unpaired) electrons. The average molecular weight is 151 g/mol. The molecule has 2 nitrogen and oxygen atoms in total. The van der Waals surface area contributed by atoms with E-state index in [1.807, 2.05) is 0 Å². The summed E-state index contributed by atoms with van der Waals surface area (Å²) in [7, 11) is 0. The third-order valence-electron chi connectivity index (χ3n) is 3.23. The smallest absolute Gasteiger partial charge is 0.0809 e. The molecular weight excluding hydrogens is 138 g/mol. The first kappa shape index (κ1) is 6.21. The minimum absolute atomic E-state index is 0.442. The Balaban J connectivity index is 1.90. The Kier molecular flexibility index (Phi) is 1.17. The molecule has 3 aliphatic rings. The van der Waals surface area contributed by atoms with Crippen molar-refractivity contribution in [2.24, 2.45) is 11.8 Å². The second kappa shape index (κ2) is 2.08. The number of hydrogen-bond donors (Lipinski definition) is 1. The van der Waals surface area contributed by atoms with Crippen LogP contribution in [0.1, 0.15) is 6.42 Å². The van der Waals surface area contributed by atoms with Gasteiger partial charge in [-0.2, -0.15) is 0 Å². The Labute approximate surface area is 66.6 Å². The third kappa shape index (κ3) is 0.741. The summed E-state index contributed by atoms with van der Waals surface area (Å²) in [6.45, 7) is 2.35. The summed E-state index contributed by atoms with van der Waals surface area (Å²) in [6.07, 6.45) is 6.69. The van der Waals surface area contributed by atoms with Crippen molar-refractivity contribution in [2.75, 3.05) is 13.1 Å². The van der Waals surface area contributed by atoms with E-state index in [4.69, 9.17) is 4.74 Å². The van der Waals surface area contributed by atoms with Gasteiger partial charge < -0.3 is 10.1 Å². The van der Waals surface area contributed by atoms with Crippen LogP contribution in [0.15, 0.2) is 12.2 Å². The normalized spacial score (nSPS) is 53.1. The molecule has 0 spiro atoms. The lowest BCUT2D eigenvalue weighted by atomic mass is 9.79. The van der Waals surface area contributed by atoms with Gasteiger partial charge in [-0.05, 0) is 18.9 Å². The topological polar surface area (TPSA) is 21.3 Å². The molecule has 2 fully saturated rings. The van der Waals surface area contributed by atoms with Gasteiger partial charge in [-0.25, -0.2) is 0 Å². The fourth-order valence-corrected chi connectivity index (χ4v) is 2.65. The van der Waals surface area contributed by atoms with Gasteiger partial charge in [-0.3, -0.25) is 0 Å². The number of ether oxygens (including phenoxy) is 1. The van der Waals surface area contributed by atoms with Gasteiger partial charge in [0.2, 0.25) is 0 Å². The highest BCUT2D eigenvalue weighted by atomic mass is 16.5. The van der Waals surface area contributed by atoms with Crippen molar-refractivity contribution in [3.8, 4) is 0 Å². The molecule has 0 aromatic rings. The highest BCUT2D eigenvalue weighted by Gasteiger charge is 2.46. The van der Waals surface area contributed by atoms with Crippen LogP contribution in [-0.4, -0.2) is 25.3 Å². The zero-order valence-corrected chi connectivity index (χ0v) is 6.49. The minimum Gasteiger partial charge on any atom is -0.366 e. The van der Waals surface area contributed by atoms with E-state index in [0.717, 1.165) is 18.4 Å². The summed E-state index contributed by atoms with van der Waals surface area (Å²) in [5.41, 5.74) is 0. The second-order valence-corrected chi connectivity index (χ2v) is 3.77. The van der Waals surface area contributed by atoms with Crippen LogP contribution in [0.3, 0.4) is 0 Å². The van der Waals surface area contributed by atoms with Crippen LogP contribution in [0, 0.1) is 11.8 Å². The third-order valence-corrected chi connectivity index (χ3v) is 3.23. The molecule has 1 N–H and O–H groups in total. The van der Waals surface area contributed by atoms with Gasteiger partial charge in [0.1, 0.15) is 0 Å². The zero-order valence-electron chi connectivity index (χ0n) is 6.49. The van der Waals surface area contributed by atoms with E-state index in [1.54, 1.807) is 0 Å². The van der Waals surface area contributed by atoms with Crippen LogP contribution >= 0.6 is 0 Å². The lowest BCUT2D eigenvalue weighted by Crippen LogP contribution is -2.40. The summed E-state index contributed by atoms with van der Waals surface area (Å²) >= 11 is 0. The maximum Gasteiger partial charge on any atom is 0.0809 e. The van der Waals surface area contributed by atoms with E-state index >= 15 is 0 Å². The number of rotatable bonds is 0. The Hall–Kier alpha value is -0.340. The number of piperidine rings is 1. The molecule has 3 aliphatic heterocycles. The predicted molar refractivity (Wildman–Crippen MR) is 42.3 cm³/mol. The molecule has 4 unspecified atom stereocenters. The van der Waals surface area contributed by atoms with Gasteiger partial charge in [0.15, 0.2) is 0 Å². The van der Waals surface area contributed by atoms with Gasteiger partial charge in [-0.15, -0.1) is 0 Å². The van der Waals surface area contributed by atoms with Crippen molar-refractivity contribution in [3.63, 3.8) is 0 Å². The van der Waals surface area contributed by atoms with Crippen molar-refractivity contribution in [2.45, 2.75) is 18.6 Å². The van der Waals surface area contributed by atoms with Gasteiger partial charge in [0.05, 0.1) is 12.2 Å². The van der Waals surface area contributed by atoms with Crippen LogP contribution < -0.4 is 5.32 Å². The lowest BCUT2D eigenvalue weighted by Gasteiger charge is -2.29. The average Bonchev–Trinajstić information content (AvgIpc) is 2.64.